The monoisotopic (exact) mass is 412 g/mol. The minimum atomic E-state index is -3.80. The molecule has 0 spiro atoms. The molecule has 1 unspecified atom stereocenters. The number of rotatable bonds is 8. The van der Waals surface area contributed by atoms with E-state index in [1.807, 2.05) is 0 Å². The van der Waals surface area contributed by atoms with Crippen LogP contribution in [0, 0.1) is 0 Å². The summed E-state index contributed by atoms with van der Waals surface area (Å²) in [5, 5.41) is 11.1. The van der Waals surface area contributed by atoms with E-state index in [1.165, 1.54) is 20.0 Å². The molecule has 1 atom stereocenters. The Kier molecular flexibility index (Phi) is 7.81. The Morgan fingerprint density at radius 3 is 1.89 bits per heavy atom. The molecule has 2 aliphatic rings. The molecule has 0 amide bonds. The van der Waals surface area contributed by atoms with Gasteiger partial charge in [0.15, 0.2) is 5.85 Å². The lowest BCUT2D eigenvalue weighted by molar-refractivity contribution is 0.0540. The number of hydrogen-bond donors (Lipinski definition) is 1. The van der Waals surface area contributed by atoms with Crippen molar-refractivity contribution in [3.63, 3.8) is 0 Å². The normalized spacial score (nSPS) is 20.7. The highest BCUT2D eigenvalue weighted by Crippen LogP contribution is 2.64. The number of methoxy groups -OCH3 is 2. The number of ether oxygens (including phenoxy) is 2. The smallest absolute Gasteiger partial charge is 0.364 e. The molecule has 2 fully saturated rings. The summed E-state index contributed by atoms with van der Waals surface area (Å²) in [6, 6.07) is 5.06. The van der Waals surface area contributed by atoms with Crippen LogP contribution >= 0.6 is 7.60 Å². The molecule has 0 saturated heterocycles. The molecule has 2 saturated carbocycles. The lowest BCUT2D eigenvalue weighted by Crippen LogP contribution is -2.22. The number of aliphatic hydroxyl groups excluding tert-OH is 1. The Labute approximate surface area is 168 Å². The van der Waals surface area contributed by atoms with E-state index in [2.05, 4.69) is 0 Å². The zero-order chi connectivity index (χ0) is 20.0. The van der Waals surface area contributed by atoms with Gasteiger partial charge in [0, 0.05) is 11.6 Å². The predicted octanol–water partition coefficient (Wildman–Crippen LogP) is 5.59. The van der Waals surface area contributed by atoms with Gasteiger partial charge < -0.3 is 23.6 Å². The fourth-order valence-electron chi connectivity index (χ4n) is 4.10. The van der Waals surface area contributed by atoms with Gasteiger partial charge in [-0.05, 0) is 37.8 Å². The third-order valence-electron chi connectivity index (χ3n) is 5.71. The van der Waals surface area contributed by atoms with E-state index < -0.39 is 13.4 Å². The van der Waals surface area contributed by atoms with Gasteiger partial charge in [-0.2, -0.15) is 0 Å². The molecule has 0 bridgehead atoms. The summed E-state index contributed by atoms with van der Waals surface area (Å²) in [5.41, 5.74) is 0.401. The molecule has 7 heteroatoms. The maximum absolute atomic E-state index is 13.9. The lowest BCUT2D eigenvalue weighted by Gasteiger charge is -2.33. The molecular formula is C21H33O6P. The van der Waals surface area contributed by atoms with Crippen LogP contribution in [0.2, 0.25) is 0 Å². The Morgan fingerprint density at radius 2 is 1.43 bits per heavy atom. The second-order valence-corrected chi connectivity index (χ2v) is 9.74. The minimum Gasteiger partial charge on any atom is -0.497 e. The Morgan fingerprint density at radius 1 is 0.893 bits per heavy atom. The van der Waals surface area contributed by atoms with Gasteiger partial charge in [-0.25, -0.2) is 0 Å². The molecule has 0 radical (unpaired) electrons. The topological polar surface area (TPSA) is 74.2 Å². The molecule has 1 aromatic carbocycles. The quantitative estimate of drug-likeness (QED) is 0.561. The van der Waals surface area contributed by atoms with Crippen LogP contribution in [0.5, 0.6) is 11.5 Å². The van der Waals surface area contributed by atoms with Gasteiger partial charge in [0.05, 0.1) is 26.4 Å². The van der Waals surface area contributed by atoms with Gasteiger partial charge in [-0.1, -0.05) is 38.5 Å². The molecule has 1 N–H and O–H groups in total. The maximum atomic E-state index is 13.9. The van der Waals surface area contributed by atoms with Gasteiger partial charge in [-0.3, -0.25) is 4.57 Å². The van der Waals surface area contributed by atoms with Crippen molar-refractivity contribution >= 4 is 7.60 Å². The van der Waals surface area contributed by atoms with Gasteiger partial charge >= 0.3 is 7.60 Å². The van der Waals surface area contributed by atoms with Crippen LogP contribution in [0.25, 0.3) is 0 Å². The van der Waals surface area contributed by atoms with Gasteiger partial charge in [0.2, 0.25) is 0 Å². The SMILES string of the molecule is COc1ccc(C(O)P(=O)(OC2CCCCC2)OC2CCCCC2)c(OC)c1. The average Bonchev–Trinajstić information content (AvgIpc) is 2.74. The van der Waals surface area contributed by atoms with E-state index in [9.17, 15) is 9.67 Å². The molecule has 158 valence electrons. The molecule has 0 aliphatic heterocycles. The number of hydrogen-bond acceptors (Lipinski definition) is 6. The lowest BCUT2D eigenvalue weighted by atomic mass is 9.98. The van der Waals surface area contributed by atoms with Crippen molar-refractivity contribution in [2.24, 2.45) is 0 Å². The van der Waals surface area contributed by atoms with E-state index in [4.69, 9.17) is 18.5 Å². The standard InChI is InChI=1S/C21H33O6P/c1-24-18-13-14-19(20(15-18)25-2)21(22)28(23,26-16-9-5-3-6-10-16)27-17-11-7-4-8-12-17/h13-17,21-22H,3-12H2,1-2H3. The highest BCUT2D eigenvalue weighted by Gasteiger charge is 2.42. The van der Waals surface area contributed by atoms with E-state index >= 15 is 0 Å². The van der Waals surface area contributed by atoms with Gasteiger partial charge in [0.1, 0.15) is 11.5 Å². The summed E-state index contributed by atoms with van der Waals surface area (Å²) in [4.78, 5) is 0. The molecule has 3 rings (SSSR count). The van der Waals surface area contributed by atoms with Crippen LogP contribution in [-0.4, -0.2) is 31.5 Å². The maximum Gasteiger partial charge on any atom is 0.364 e. The fraction of sp³-hybridized carbons (Fsp3) is 0.714. The van der Waals surface area contributed by atoms with Gasteiger partial charge in [0.25, 0.3) is 0 Å². The fourth-order valence-corrected chi connectivity index (χ4v) is 6.19. The summed E-state index contributed by atoms with van der Waals surface area (Å²) in [6.45, 7) is 0. The van der Waals surface area contributed by atoms with Gasteiger partial charge in [-0.15, -0.1) is 0 Å². The molecule has 6 nitrogen and oxygen atoms in total. The third kappa shape index (κ3) is 5.29. The first-order valence-corrected chi connectivity index (χ1v) is 12.0. The first kappa shape index (κ1) is 21.6. The Hall–Kier alpha value is -1.07. The van der Waals surface area contributed by atoms with E-state index in [1.54, 1.807) is 25.3 Å². The summed E-state index contributed by atoms with van der Waals surface area (Å²) >= 11 is 0. The number of aliphatic hydroxyl groups is 1. The van der Waals surface area contributed by atoms with Crippen LogP contribution in [0.4, 0.5) is 0 Å². The highest BCUT2D eigenvalue weighted by atomic mass is 31.2. The summed E-state index contributed by atoms with van der Waals surface area (Å²) in [5.74, 6) is -0.382. The molecule has 0 aromatic heterocycles. The van der Waals surface area contributed by atoms with E-state index in [-0.39, 0.29) is 12.2 Å². The van der Waals surface area contributed by atoms with Crippen molar-refractivity contribution in [1.29, 1.82) is 0 Å². The van der Waals surface area contributed by atoms with Crippen LogP contribution in [0.3, 0.4) is 0 Å². The van der Waals surface area contributed by atoms with Crippen LogP contribution < -0.4 is 9.47 Å². The van der Waals surface area contributed by atoms with Crippen LogP contribution in [-0.2, 0) is 13.6 Å². The Bertz CT molecular complexity index is 643. The first-order chi connectivity index (χ1) is 13.6. The highest BCUT2D eigenvalue weighted by molar-refractivity contribution is 7.54. The van der Waals surface area contributed by atoms with E-state index in [0.29, 0.717) is 17.1 Å². The van der Waals surface area contributed by atoms with Crippen molar-refractivity contribution in [2.75, 3.05) is 14.2 Å². The molecule has 2 aliphatic carbocycles. The summed E-state index contributed by atoms with van der Waals surface area (Å²) in [6.07, 6.45) is 9.68. The van der Waals surface area contributed by atoms with Crippen LogP contribution in [0.1, 0.15) is 75.6 Å². The molecular weight excluding hydrogens is 379 g/mol. The molecule has 28 heavy (non-hydrogen) atoms. The average molecular weight is 412 g/mol. The van der Waals surface area contributed by atoms with Crippen molar-refractivity contribution in [3.05, 3.63) is 23.8 Å². The zero-order valence-corrected chi connectivity index (χ0v) is 17.9. The third-order valence-corrected chi connectivity index (χ3v) is 7.78. The minimum absolute atomic E-state index is 0.137. The number of benzene rings is 1. The summed E-state index contributed by atoms with van der Waals surface area (Å²) < 4.78 is 36.6. The second-order valence-electron chi connectivity index (χ2n) is 7.75. The molecule has 0 heterocycles. The second kappa shape index (κ2) is 10.1. The van der Waals surface area contributed by atoms with Crippen LogP contribution in [0.15, 0.2) is 18.2 Å². The van der Waals surface area contributed by atoms with E-state index in [0.717, 1.165) is 51.4 Å². The van der Waals surface area contributed by atoms with Crippen molar-refractivity contribution in [3.8, 4) is 11.5 Å². The molecule has 1 aromatic rings. The van der Waals surface area contributed by atoms with Crippen molar-refractivity contribution in [2.45, 2.75) is 82.3 Å². The van der Waals surface area contributed by atoms with Crippen molar-refractivity contribution in [1.82, 2.24) is 0 Å². The largest absolute Gasteiger partial charge is 0.497 e. The van der Waals surface area contributed by atoms with Crippen molar-refractivity contribution < 1.29 is 28.2 Å². The first-order valence-electron chi connectivity index (χ1n) is 10.4. The summed E-state index contributed by atoms with van der Waals surface area (Å²) in [7, 11) is -0.721. The zero-order valence-electron chi connectivity index (χ0n) is 17.0. The predicted molar refractivity (Wildman–Crippen MR) is 108 cm³/mol. The Balaban J connectivity index is 1.86.